The Labute approximate surface area is 274 Å². The van der Waals surface area contributed by atoms with Crippen LogP contribution in [0.15, 0.2) is 97.7 Å². The number of rotatable bonds is 8. The smallest absolute Gasteiger partial charge is 0.341 e. The van der Waals surface area contributed by atoms with E-state index in [0.29, 0.717) is 0 Å². The van der Waals surface area contributed by atoms with Crippen molar-refractivity contribution in [2.75, 3.05) is 33.8 Å². The van der Waals surface area contributed by atoms with E-state index in [1.807, 2.05) is 0 Å². The number of guanidine groups is 1. The highest BCUT2D eigenvalue weighted by atomic mass is 32.2. The zero-order valence-corrected chi connectivity index (χ0v) is 27.9. The lowest BCUT2D eigenvalue weighted by Crippen LogP contribution is -2.24. The van der Waals surface area contributed by atoms with E-state index in [2.05, 4.69) is 9.73 Å². The van der Waals surface area contributed by atoms with E-state index >= 15 is 0 Å². The summed E-state index contributed by atoms with van der Waals surface area (Å²) in [6.45, 7) is 0. The maximum absolute atomic E-state index is 12.2. The Hall–Kier alpha value is -5.75. The van der Waals surface area contributed by atoms with E-state index < -0.39 is 37.5 Å². The number of aliphatic imine (C=N–C) groups is 1. The molecule has 0 unspecified atom stereocenters. The zero-order chi connectivity index (χ0) is 36.0. The van der Waals surface area contributed by atoms with Crippen molar-refractivity contribution in [1.82, 2.24) is 9.13 Å². The van der Waals surface area contributed by atoms with E-state index in [-0.39, 0.29) is 54.6 Å². The number of ether oxygens (including phenoxy) is 3. The number of sulfone groups is 2. The molecular formula is C30H31N5O11S2. The molecule has 2 aromatic heterocycles. The van der Waals surface area contributed by atoms with Crippen molar-refractivity contribution in [3.63, 3.8) is 0 Å². The molecule has 0 aliphatic rings. The van der Waals surface area contributed by atoms with E-state index in [9.17, 15) is 36.0 Å². The number of hydrogen-bond donors (Lipinski definition) is 2. The summed E-state index contributed by atoms with van der Waals surface area (Å²) in [5.41, 5.74) is 10.3. The first-order valence-corrected chi connectivity index (χ1v) is 17.1. The average molecular weight is 702 g/mol. The molecule has 0 saturated carbocycles. The monoisotopic (exact) mass is 701 g/mol. The van der Waals surface area contributed by atoms with Crippen LogP contribution in [0.5, 0.6) is 11.5 Å². The lowest BCUT2D eigenvalue weighted by molar-refractivity contribution is 0.0596. The van der Waals surface area contributed by atoms with Crippen LogP contribution in [0.3, 0.4) is 0 Å². The Morgan fingerprint density at radius 1 is 0.667 bits per heavy atom. The van der Waals surface area contributed by atoms with Gasteiger partial charge in [0.25, 0.3) is 5.91 Å². The first-order valence-electron chi connectivity index (χ1n) is 13.3. The molecule has 0 atom stereocenters. The van der Waals surface area contributed by atoms with E-state index in [1.54, 1.807) is 0 Å². The quantitative estimate of drug-likeness (QED) is 0.146. The number of esters is 1. The van der Waals surface area contributed by atoms with Gasteiger partial charge in [-0.3, -0.25) is 14.4 Å². The van der Waals surface area contributed by atoms with Crippen LogP contribution in [0.2, 0.25) is 0 Å². The van der Waals surface area contributed by atoms with Crippen molar-refractivity contribution in [1.29, 1.82) is 0 Å². The van der Waals surface area contributed by atoms with Gasteiger partial charge >= 0.3 is 5.97 Å². The van der Waals surface area contributed by atoms with Crippen LogP contribution in [-0.2, 0) is 24.4 Å². The van der Waals surface area contributed by atoms with Crippen LogP contribution in [0.4, 0.5) is 0 Å². The van der Waals surface area contributed by atoms with Gasteiger partial charge in [-0.2, -0.15) is 4.99 Å². The number of nitrogens with zero attached hydrogens (tertiary/aromatic N) is 3. The molecule has 4 aromatic rings. The third kappa shape index (κ3) is 8.74. The predicted molar refractivity (Wildman–Crippen MR) is 175 cm³/mol. The molecule has 4 rings (SSSR count). The van der Waals surface area contributed by atoms with Crippen molar-refractivity contribution >= 4 is 37.5 Å². The largest absolute Gasteiger partial charge is 0.496 e. The minimum atomic E-state index is -3.72. The number of amides is 1. The maximum Gasteiger partial charge on any atom is 0.341 e. The molecule has 0 fully saturated rings. The molecule has 1 amide bonds. The first-order chi connectivity index (χ1) is 22.4. The minimum Gasteiger partial charge on any atom is -0.496 e. The average Bonchev–Trinajstić information content (AvgIpc) is 3.03. The molecular weight excluding hydrogens is 670 g/mol. The van der Waals surface area contributed by atoms with Gasteiger partial charge in [-0.15, -0.1) is 0 Å². The molecule has 0 radical (unpaired) electrons. The summed E-state index contributed by atoms with van der Waals surface area (Å²) in [5, 5.41) is 0. The zero-order valence-electron chi connectivity index (χ0n) is 26.2. The SMILES string of the molecule is COC(=O)c1cc(S(C)(=O)=O)c(-n2ccc(=O)cc2)cc1OC.COc1cc(-n2ccc(=O)cc2)c(S(C)(=O)=O)cc1C(=O)N=C(N)N. The third-order valence-corrected chi connectivity index (χ3v) is 8.63. The molecule has 2 heterocycles. The number of nitrogens with two attached hydrogens (primary N) is 2. The fourth-order valence-electron chi connectivity index (χ4n) is 4.19. The van der Waals surface area contributed by atoms with Crippen molar-refractivity contribution in [3.05, 3.63) is 105 Å². The Morgan fingerprint density at radius 2 is 1.04 bits per heavy atom. The standard InChI is InChI=1S/C15H16N4O5S.C15H15NO6S/c1-24-12-8-11(19-5-3-9(20)4-6-19)13(25(2,22)23)7-10(12)14(21)18-15(16)17;1-21-13-9-12(16-6-4-10(17)5-7-16)14(23(3,19)20)8-11(13)15(18)22-2/h3-8H,1-2H3,(H4,16,17,18,21);4-9H,1-3H3. The van der Waals surface area contributed by atoms with Gasteiger partial charge in [-0.1, -0.05) is 0 Å². The van der Waals surface area contributed by atoms with E-state index in [4.69, 9.17) is 20.9 Å². The lowest BCUT2D eigenvalue weighted by atomic mass is 10.1. The predicted octanol–water partition coefficient (Wildman–Crippen LogP) is 0.699. The van der Waals surface area contributed by atoms with Gasteiger partial charge in [-0.05, 0) is 12.1 Å². The van der Waals surface area contributed by atoms with Crippen LogP contribution in [0.1, 0.15) is 20.7 Å². The van der Waals surface area contributed by atoms with Gasteiger partial charge in [0.2, 0.25) is 0 Å². The minimum absolute atomic E-state index is 0.000204. The number of methoxy groups -OCH3 is 3. The summed E-state index contributed by atoms with van der Waals surface area (Å²) < 4.78 is 66.4. The number of benzene rings is 2. The topological polar surface area (TPSA) is 239 Å². The fraction of sp³-hybridized carbons (Fsp3) is 0.167. The Bertz CT molecular complexity index is 2210. The van der Waals surface area contributed by atoms with Gasteiger partial charge in [0.1, 0.15) is 17.1 Å². The molecule has 0 bridgehead atoms. The highest BCUT2D eigenvalue weighted by Gasteiger charge is 2.24. The maximum atomic E-state index is 12.2. The molecule has 0 aliphatic heterocycles. The second-order valence-corrected chi connectivity index (χ2v) is 13.8. The summed E-state index contributed by atoms with van der Waals surface area (Å²) in [7, 11) is -3.50. The van der Waals surface area contributed by atoms with E-state index in [1.165, 1.54) is 97.7 Å². The normalized spacial score (nSPS) is 11.0. The highest BCUT2D eigenvalue weighted by Crippen LogP contribution is 2.31. The van der Waals surface area contributed by atoms with Crippen LogP contribution in [-0.4, -0.2) is 77.6 Å². The van der Waals surface area contributed by atoms with Crippen molar-refractivity contribution < 1.29 is 40.6 Å². The van der Waals surface area contributed by atoms with E-state index in [0.717, 1.165) is 18.6 Å². The molecule has 4 N–H and O–H groups in total. The van der Waals surface area contributed by atoms with Crippen LogP contribution >= 0.6 is 0 Å². The number of aromatic nitrogens is 2. The molecule has 254 valence electrons. The number of pyridine rings is 2. The number of carbonyl (C=O) groups is 2. The second kappa shape index (κ2) is 14.8. The van der Waals surface area contributed by atoms with Gasteiger partial charge in [0, 0.05) is 73.7 Å². The Morgan fingerprint density at radius 3 is 1.38 bits per heavy atom. The highest BCUT2D eigenvalue weighted by molar-refractivity contribution is 7.91. The molecule has 16 nitrogen and oxygen atoms in total. The van der Waals surface area contributed by atoms with Gasteiger partial charge in [-0.25, -0.2) is 21.6 Å². The Kier molecular flexibility index (Phi) is 11.3. The first kappa shape index (κ1) is 36.7. The number of carbonyl (C=O) groups excluding carboxylic acids is 2. The number of hydrogen-bond acceptors (Lipinski definition) is 11. The summed E-state index contributed by atoms with van der Waals surface area (Å²) in [5.74, 6) is -1.77. The van der Waals surface area contributed by atoms with Crippen molar-refractivity contribution in [2.45, 2.75) is 9.79 Å². The Balaban J connectivity index is 0.000000261. The van der Waals surface area contributed by atoms with Crippen LogP contribution < -0.4 is 31.8 Å². The third-order valence-electron chi connectivity index (χ3n) is 6.38. The molecule has 0 saturated heterocycles. The van der Waals surface area contributed by atoms with Gasteiger partial charge in [0.15, 0.2) is 36.5 Å². The summed E-state index contributed by atoms with van der Waals surface area (Å²) in [4.78, 5) is 49.6. The summed E-state index contributed by atoms with van der Waals surface area (Å²) in [6.07, 6.45) is 7.71. The molecule has 48 heavy (non-hydrogen) atoms. The van der Waals surface area contributed by atoms with Gasteiger partial charge < -0.3 is 34.8 Å². The second-order valence-electron chi connectivity index (χ2n) is 9.80. The molecule has 18 heteroatoms. The van der Waals surface area contributed by atoms with Crippen molar-refractivity contribution in [2.24, 2.45) is 16.5 Å². The van der Waals surface area contributed by atoms with Crippen LogP contribution in [0, 0.1) is 0 Å². The summed E-state index contributed by atoms with van der Waals surface area (Å²) >= 11 is 0. The molecule has 0 aliphatic carbocycles. The lowest BCUT2D eigenvalue weighted by Gasteiger charge is -2.15. The van der Waals surface area contributed by atoms with Crippen molar-refractivity contribution in [3.8, 4) is 22.9 Å². The fourth-order valence-corrected chi connectivity index (χ4v) is 5.95. The van der Waals surface area contributed by atoms with Gasteiger partial charge in [0.05, 0.1) is 48.1 Å². The summed E-state index contributed by atoms with van der Waals surface area (Å²) in [6, 6.07) is 10.3. The molecule has 2 aromatic carbocycles. The molecule has 0 spiro atoms. The van der Waals surface area contributed by atoms with Crippen LogP contribution in [0.25, 0.3) is 11.4 Å².